The average Bonchev–Trinajstić information content (AvgIpc) is 3.32. The third-order valence-electron chi connectivity index (χ3n) is 4.83. The summed E-state index contributed by atoms with van der Waals surface area (Å²) >= 11 is 0. The van der Waals surface area contributed by atoms with Gasteiger partial charge in [0.2, 0.25) is 0 Å². The molecule has 28 heavy (non-hydrogen) atoms. The van der Waals surface area contributed by atoms with Crippen molar-refractivity contribution in [2.24, 2.45) is 7.05 Å². The Hall–Kier alpha value is -3.54. The van der Waals surface area contributed by atoms with Crippen molar-refractivity contribution in [3.8, 4) is 17.0 Å². The van der Waals surface area contributed by atoms with Crippen LogP contribution in [0, 0.1) is 0 Å². The highest BCUT2D eigenvalue weighted by molar-refractivity contribution is 5.93. The van der Waals surface area contributed by atoms with Crippen LogP contribution < -0.4 is 10.1 Å². The Kier molecular flexibility index (Phi) is 4.85. The van der Waals surface area contributed by atoms with E-state index in [9.17, 15) is 4.79 Å². The second kappa shape index (κ2) is 7.60. The predicted octanol–water partition coefficient (Wildman–Crippen LogP) is 3.55. The number of nitrogens with one attached hydrogen (secondary N) is 2. The molecule has 1 amide bonds. The monoisotopic (exact) mass is 374 g/mol. The largest absolute Gasteiger partial charge is 0.497 e. The molecule has 0 saturated heterocycles. The number of methoxy groups -OCH3 is 1. The Balaban J connectivity index is 1.44. The van der Waals surface area contributed by atoms with Gasteiger partial charge in [0, 0.05) is 36.3 Å². The number of fused-ring (bicyclic) bond motifs is 1. The van der Waals surface area contributed by atoms with E-state index < -0.39 is 0 Å². The number of H-pyrrole nitrogens is 1. The molecule has 6 nitrogen and oxygen atoms in total. The van der Waals surface area contributed by atoms with Gasteiger partial charge in [0.15, 0.2) is 0 Å². The molecule has 2 aromatic heterocycles. The molecule has 0 aliphatic heterocycles. The normalized spacial score (nSPS) is 10.9. The van der Waals surface area contributed by atoms with Gasteiger partial charge in [-0.2, -0.15) is 5.10 Å². The van der Waals surface area contributed by atoms with Gasteiger partial charge in [0.1, 0.15) is 11.4 Å². The first-order valence-electron chi connectivity index (χ1n) is 9.17. The lowest BCUT2D eigenvalue weighted by molar-refractivity contribution is 0.0945. The number of hydrogen-bond acceptors (Lipinski definition) is 3. The summed E-state index contributed by atoms with van der Waals surface area (Å²) in [6, 6.07) is 17.6. The lowest BCUT2D eigenvalue weighted by Crippen LogP contribution is -2.27. The van der Waals surface area contributed by atoms with Gasteiger partial charge < -0.3 is 15.0 Å². The Morgan fingerprint density at radius 3 is 2.89 bits per heavy atom. The van der Waals surface area contributed by atoms with E-state index in [2.05, 4.69) is 21.5 Å². The Morgan fingerprint density at radius 1 is 1.18 bits per heavy atom. The maximum atomic E-state index is 12.6. The highest BCUT2D eigenvalue weighted by Crippen LogP contribution is 2.23. The first-order chi connectivity index (χ1) is 13.7. The lowest BCUT2D eigenvalue weighted by atomic mass is 10.1. The van der Waals surface area contributed by atoms with E-state index in [4.69, 9.17) is 4.74 Å². The van der Waals surface area contributed by atoms with Gasteiger partial charge in [-0.1, -0.05) is 30.3 Å². The average molecular weight is 374 g/mol. The summed E-state index contributed by atoms with van der Waals surface area (Å²) in [6.07, 6.45) is 2.76. The van der Waals surface area contributed by atoms with E-state index in [1.54, 1.807) is 24.9 Å². The Morgan fingerprint density at radius 2 is 2.04 bits per heavy atom. The molecule has 4 rings (SSSR count). The number of nitrogens with zero attached hydrogens (tertiary/aromatic N) is 2. The number of rotatable bonds is 6. The molecule has 0 aliphatic carbocycles. The van der Waals surface area contributed by atoms with Crippen molar-refractivity contribution >= 4 is 16.8 Å². The molecule has 0 atom stereocenters. The second-order valence-corrected chi connectivity index (χ2v) is 6.64. The van der Waals surface area contributed by atoms with Crippen LogP contribution in [-0.4, -0.2) is 34.3 Å². The number of aryl methyl sites for hydroxylation is 1. The van der Waals surface area contributed by atoms with Crippen LogP contribution in [0.4, 0.5) is 0 Å². The number of hydrogen-bond donors (Lipinski definition) is 2. The van der Waals surface area contributed by atoms with Crippen molar-refractivity contribution in [1.29, 1.82) is 0 Å². The molecular formula is C22H22N4O2. The van der Waals surface area contributed by atoms with Crippen molar-refractivity contribution in [3.63, 3.8) is 0 Å². The van der Waals surface area contributed by atoms with Crippen molar-refractivity contribution in [1.82, 2.24) is 20.1 Å². The maximum absolute atomic E-state index is 12.6. The first-order valence-corrected chi connectivity index (χ1v) is 9.17. The van der Waals surface area contributed by atoms with Crippen LogP contribution in [0.25, 0.3) is 22.2 Å². The number of aromatic amines is 1. The van der Waals surface area contributed by atoms with Crippen molar-refractivity contribution < 1.29 is 9.53 Å². The molecule has 2 heterocycles. The molecular weight excluding hydrogens is 352 g/mol. The number of carbonyl (C=O) groups excluding carboxylic acids is 1. The SMILES string of the molecule is COc1cccc(-c2cc(C(=O)NCCc3c[nH]c4ccccc34)n(C)n2)c1. The molecule has 0 aliphatic rings. The molecule has 4 aromatic rings. The smallest absolute Gasteiger partial charge is 0.269 e. The predicted molar refractivity (Wildman–Crippen MR) is 110 cm³/mol. The molecule has 2 N–H and O–H groups in total. The number of amides is 1. The molecule has 0 unspecified atom stereocenters. The molecule has 0 bridgehead atoms. The van der Waals surface area contributed by atoms with Gasteiger partial charge in [-0.3, -0.25) is 9.48 Å². The molecule has 0 spiro atoms. The topological polar surface area (TPSA) is 71.9 Å². The van der Waals surface area contributed by atoms with Gasteiger partial charge in [-0.05, 0) is 36.2 Å². The fourth-order valence-electron chi connectivity index (χ4n) is 3.34. The molecule has 0 radical (unpaired) electrons. The zero-order valence-electron chi connectivity index (χ0n) is 15.9. The van der Waals surface area contributed by atoms with E-state index in [1.165, 1.54) is 10.9 Å². The van der Waals surface area contributed by atoms with Gasteiger partial charge in [-0.25, -0.2) is 0 Å². The highest BCUT2D eigenvalue weighted by atomic mass is 16.5. The molecule has 0 saturated carbocycles. The minimum atomic E-state index is -0.135. The number of para-hydroxylation sites is 1. The summed E-state index contributed by atoms with van der Waals surface area (Å²) in [5.74, 6) is 0.622. The summed E-state index contributed by atoms with van der Waals surface area (Å²) in [7, 11) is 3.41. The highest BCUT2D eigenvalue weighted by Gasteiger charge is 2.14. The number of ether oxygens (including phenoxy) is 1. The minimum Gasteiger partial charge on any atom is -0.497 e. The van der Waals surface area contributed by atoms with Crippen LogP contribution in [0.2, 0.25) is 0 Å². The molecule has 2 aromatic carbocycles. The number of aromatic nitrogens is 3. The summed E-state index contributed by atoms with van der Waals surface area (Å²) in [5.41, 5.74) is 4.48. The van der Waals surface area contributed by atoms with Crippen molar-refractivity contribution in [2.45, 2.75) is 6.42 Å². The zero-order chi connectivity index (χ0) is 19.5. The van der Waals surface area contributed by atoms with Crippen molar-refractivity contribution in [3.05, 3.63) is 72.1 Å². The van der Waals surface area contributed by atoms with Gasteiger partial charge in [-0.15, -0.1) is 0 Å². The Bertz CT molecular complexity index is 1130. The minimum absolute atomic E-state index is 0.135. The van der Waals surface area contributed by atoms with Crippen LogP contribution in [0.3, 0.4) is 0 Å². The summed E-state index contributed by atoms with van der Waals surface area (Å²) in [5, 5.41) is 8.66. The van der Waals surface area contributed by atoms with Crippen LogP contribution in [0.1, 0.15) is 16.1 Å². The summed E-state index contributed by atoms with van der Waals surface area (Å²) in [4.78, 5) is 15.9. The number of benzene rings is 2. The molecule has 142 valence electrons. The van der Waals surface area contributed by atoms with Crippen LogP contribution in [0.15, 0.2) is 60.8 Å². The van der Waals surface area contributed by atoms with E-state index >= 15 is 0 Å². The van der Waals surface area contributed by atoms with Gasteiger partial charge >= 0.3 is 0 Å². The zero-order valence-corrected chi connectivity index (χ0v) is 15.9. The van der Waals surface area contributed by atoms with Crippen LogP contribution >= 0.6 is 0 Å². The van der Waals surface area contributed by atoms with Gasteiger partial charge in [0.05, 0.1) is 12.8 Å². The number of carbonyl (C=O) groups is 1. The van der Waals surface area contributed by atoms with E-state index in [0.717, 1.165) is 28.9 Å². The van der Waals surface area contributed by atoms with Crippen molar-refractivity contribution in [2.75, 3.05) is 13.7 Å². The third-order valence-corrected chi connectivity index (χ3v) is 4.83. The summed E-state index contributed by atoms with van der Waals surface area (Å²) < 4.78 is 6.87. The molecule has 6 heteroatoms. The van der Waals surface area contributed by atoms with E-state index in [1.807, 2.05) is 48.7 Å². The lowest BCUT2D eigenvalue weighted by Gasteiger charge is -2.04. The Labute approximate surface area is 163 Å². The third kappa shape index (κ3) is 3.49. The fraction of sp³-hybridized carbons (Fsp3) is 0.182. The quantitative estimate of drug-likeness (QED) is 0.542. The standard InChI is InChI=1S/C22H22N4O2/c1-26-21(13-20(25-26)15-6-5-7-17(12-15)28-2)22(27)23-11-10-16-14-24-19-9-4-3-8-18(16)19/h3-9,12-14,24H,10-11H2,1-2H3,(H,23,27). The maximum Gasteiger partial charge on any atom is 0.269 e. The first kappa shape index (κ1) is 17.9. The van der Waals surface area contributed by atoms with E-state index in [0.29, 0.717) is 12.2 Å². The fourth-order valence-corrected chi connectivity index (χ4v) is 3.34. The molecule has 0 fully saturated rings. The van der Waals surface area contributed by atoms with E-state index in [-0.39, 0.29) is 5.91 Å². The second-order valence-electron chi connectivity index (χ2n) is 6.64. The van der Waals surface area contributed by atoms with Crippen LogP contribution in [-0.2, 0) is 13.5 Å². The van der Waals surface area contributed by atoms with Crippen LogP contribution in [0.5, 0.6) is 5.75 Å². The van der Waals surface area contributed by atoms with Gasteiger partial charge in [0.25, 0.3) is 5.91 Å². The summed E-state index contributed by atoms with van der Waals surface area (Å²) in [6.45, 7) is 0.556.